The van der Waals surface area contributed by atoms with Crippen molar-refractivity contribution in [3.63, 3.8) is 0 Å². The van der Waals surface area contributed by atoms with E-state index in [1.165, 1.54) is 0 Å². The fourth-order valence-corrected chi connectivity index (χ4v) is 4.64. The van der Waals surface area contributed by atoms with E-state index in [1.54, 1.807) is 16.8 Å². The summed E-state index contributed by atoms with van der Waals surface area (Å²) in [6.45, 7) is 2.87. The highest BCUT2D eigenvalue weighted by Gasteiger charge is 2.31. The van der Waals surface area contributed by atoms with E-state index in [1.807, 2.05) is 42.5 Å². The second-order valence-electron chi connectivity index (χ2n) is 8.27. The number of nitrogens with one attached hydrogen (secondary N) is 2. The minimum Gasteiger partial charge on any atom is -0.351 e. The van der Waals surface area contributed by atoms with Gasteiger partial charge in [-0.25, -0.2) is 9.97 Å². The Morgan fingerprint density at radius 2 is 1.97 bits per heavy atom. The van der Waals surface area contributed by atoms with E-state index >= 15 is 0 Å². The van der Waals surface area contributed by atoms with Gasteiger partial charge in [-0.05, 0) is 37.1 Å². The minimum atomic E-state index is -0.339. The summed E-state index contributed by atoms with van der Waals surface area (Å²) in [6.07, 6.45) is 3.34. The second-order valence-corrected chi connectivity index (χ2v) is 8.27. The smallest absolute Gasteiger partial charge is 0.263 e. The highest BCUT2D eigenvalue weighted by atomic mass is 35.5. The molecule has 8 heteroatoms. The van der Waals surface area contributed by atoms with Crippen molar-refractivity contribution < 1.29 is 4.79 Å². The Kier molecular flexibility index (Phi) is 6.67. The Morgan fingerprint density at radius 3 is 2.81 bits per heavy atom. The van der Waals surface area contributed by atoms with Crippen molar-refractivity contribution >= 4 is 18.3 Å². The topological polar surface area (TPSA) is 88.9 Å². The van der Waals surface area contributed by atoms with Crippen LogP contribution in [-0.4, -0.2) is 40.1 Å². The average molecular weight is 452 g/mol. The normalized spacial score (nSPS) is 18.9. The SMILES string of the molecule is Cl.O=C(NCCc1nccc(-c2ccccc2)n1)c1ccc2n(c1=O)C[C@@H]1CNC[C@H]2C1. The third-order valence-corrected chi connectivity index (χ3v) is 6.16. The average Bonchev–Trinajstić information content (AvgIpc) is 2.81. The van der Waals surface area contributed by atoms with Crippen LogP contribution in [0, 0.1) is 5.92 Å². The summed E-state index contributed by atoms with van der Waals surface area (Å²) in [5.74, 6) is 1.13. The van der Waals surface area contributed by atoms with E-state index in [4.69, 9.17) is 0 Å². The van der Waals surface area contributed by atoms with E-state index in [0.717, 1.165) is 36.5 Å². The number of fused-ring (bicyclic) bond motifs is 4. The summed E-state index contributed by atoms with van der Waals surface area (Å²) in [7, 11) is 0. The summed E-state index contributed by atoms with van der Waals surface area (Å²) in [6, 6.07) is 15.4. The van der Waals surface area contributed by atoms with Gasteiger partial charge >= 0.3 is 0 Å². The number of piperidine rings is 1. The van der Waals surface area contributed by atoms with Crippen LogP contribution in [0.25, 0.3) is 11.3 Å². The fraction of sp³-hybridized carbons (Fsp3) is 0.333. The predicted molar refractivity (Wildman–Crippen MR) is 125 cm³/mol. The lowest BCUT2D eigenvalue weighted by molar-refractivity contribution is 0.0951. The number of nitrogens with zero attached hydrogens (tertiary/aromatic N) is 3. The Morgan fingerprint density at radius 1 is 1.12 bits per heavy atom. The Hall–Kier alpha value is -3.03. The first-order chi connectivity index (χ1) is 15.2. The van der Waals surface area contributed by atoms with E-state index in [2.05, 4.69) is 20.6 Å². The van der Waals surface area contributed by atoms with Gasteiger partial charge in [0, 0.05) is 49.4 Å². The van der Waals surface area contributed by atoms with Crippen LogP contribution in [0.5, 0.6) is 0 Å². The summed E-state index contributed by atoms with van der Waals surface area (Å²) < 4.78 is 1.81. The van der Waals surface area contributed by atoms with Crippen molar-refractivity contribution in [1.82, 2.24) is 25.2 Å². The number of hydrogen-bond donors (Lipinski definition) is 2. The summed E-state index contributed by atoms with van der Waals surface area (Å²) in [5, 5.41) is 6.30. The molecule has 4 heterocycles. The van der Waals surface area contributed by atoms with Crippen LogP contribution in [0.2, 0.25) is 0 Å². The monoisotopic (exact) mass is 451 g/mol. The van der Waals surface area contributed by atoms with Crippen LogP contribution >= 0.6 is 12.4 Å². The van der Waals surface area contributed by atoms with Gasteiger partial charge in [-0.3, -0.25) is 9.59 Å². The number of benzene rings is 1. The molecule has 2 aliphatic heterocycles. The van der Waals surface area contributed by atoms with Gasteiger partial charge in [-0.15, -0.1) is 12.4 Å². The molecular weight excluding hydrogens is 426 g/mol. The van der Waals surface area contributed by atoms with Crippen LogP contribution in [-0.2, 0) is 13.0 Å². The molecule has 3 aromatic rings. The van der Waals surface area contributed by atoms with E-state index in [9.17, 15) is 9.59 Å². The molecule has 2 aromatic heterocycles. The predicted octanol–water partition coefficient (Wildman–Crippen LogP) is 2.41. The maximum atomic E-state index is 13.0. The molecule has 5 rings (SSSR count). The Balaban J connectivity index is 0.00000245. The van der Waals surface area contributed by atoms with Crippen molar-refractivity contribution in [1.29, 1.82) is 0 Å². The number of aromatic nitrogens is 3. The van der Waals surface area contributed by atoms with Gasteiger partial charge in [0.25, 0.3) is 11.5 Å². The number of rotatable bonds is 5. The van der Waals surface area contributed by atoms with Crippen LogP contribution in [0.4, 0.5) is 0 Å². The standard InChI is InChI=1S/C24H25N5O2.ClH/c30-23(19-6-7-21-18-12-16(13-25-14-18)15-29(21)24(19)31)27-11-9-22-26-10-8-20(28-22)17-4-2-1-3-5-17;/h1-8,10,16,18,25H,9,11-15H2,(H,27,30);1H/t16-,18+;/m0./s1. The van der Waals surface area contributed by atoms with Gasteiger partial charge in [0.1, 0.15) is 11.4 Å². The lowest BCUT2D eigenvalue weighted by Crippen LogP contribution is -2.46. The van der Waals surface area contributed by atoms with Crippen LogP contribution in [0.1, 0.15) is 34.2 Å². The first-order valence-electron chi connectivity index (χ1n) is 10.8. The maximum absolute atomic E-state index is 13.0. The maximum Gasteiger partial charge on any atom is 0.263 e. The highest BCUT2D eigenvalue weighted by Crippen LogP contribution is 2.31. The molecule has 0 aliphatic carbocycles. The first-order valence-corrected chi connectivity index (χ1v) is 10.8. The van der Waals surface area contributed by atoms with Gasteiger partial charge in [-0.1, -0.05) is 30.3 Å². The van der Waals surface area contributed by atoms with Crippen molar-refractivity contribution in [2.45, 2.75) is 25.3 Å². The van der Waals surface area contributed by atoms with Crippen LogP contribution < -0.4 is 16.2 Å². The number of carbonyl (C=O) groups excluding carboxylic acids is 1. The quantitative estimate of drug-likeness (QED) is 0.621. The molecule has 2 N–H and O–H groups in total. The van der Waals surface area contributed by atoms with Gasteiger partial charge in [0.15, 0.2) is 0 Å². The molecule has 2 bridgehead atoms. The van der Waals surface area contributed by atoms with Gasteiger partial charge in [-0.2, -0.15) is 0 Å². The molecular formula is C24H26ClN5O2. The third kappa shape index (κ3) is 4.45. The molecule has 0 unspecified atom stereocenters. The Labute approximate surface area is 192 Å². The van der Waals surface area contributed by atoms with E-state index in [-0.39, 0.29) is 29.4 Å². The van der Waals surface area contributed by atoms with Gasteiger partial charge in [0.2, 0.25) is 0 Å². The first kappa shape index (κ1) is 22.2. The molecule has 1 aromatic carbocycles. The molecule has 32 heavy (non-hydrogen) atoms. The molecule has 2 atom stereocenters. The zero-order valence-electron chi connectivity index (χ0n) is 17.7. The molecule has 166 valence electrons. The number of pyridine rings is 1. The third-order valence-electron chi connectivity index (χ3n) is 6.16. The molecule has 1 fully saturated rings. The largest absolute Gasteiger partial charge is 0.351 e. The summed E-state index contributed by atoms with van der Waals surface area (Å²) in [5.41, 5.74) is 2.93. The van der Waals surface area contributed by atoms with E-state index < -0.39 is 0 Å². The molecule has 7 nitrogen and oxygen atoms in total. The van der Waals surface area contributed by atoms with Crippen LogP contribution in [0.3, 0.4) is 0 Å². The van der Waals surface area contributed by atoms with Gasteiger partial charge < -0.3 is 15.2 Å². The summed E-state index contributed by atoms with van der Waals surface area (Å²) in [4.78, 5) is 34.6. The number of halogens is 1. The van der Waals surface area contributed by atoms with Crippen molar-refractivity contribution in [2.75, 3.05) is 19.6 Å². The van der Waals surface area contributed by atoms with Crippen LogP contribution in [0.15, 0.2) is 59.5 Å². The van der Waals surface area contributed by atoms with Crippen molar-refractivity contribution in [2.24, 2.45) is 5.92 Å². The molecule has 0 saturated carbocycles. The lowest BCUT2D eigenvalue weighted by Gasteiger charge is -2.37. The minimum absolute atomic E-state index is 0. The molecule has 0 spiro atoms. The van der Waals surface area contributed by atoms with Gasteiger partial charge in [0.05, 0.1) is 5.69 Å². The molecule has 0 radical (unpaired) electrons. The zero-order valence-corrected chi connectivity index (χ0v) is 18.5. The van der Waals surface area contributed by atoms with Crippen molar-refractivity contribution in [3.8, 4) is 11.3 Å². The zero-order chi connectivity index (χ0) is 21.2. The van der Waals surface area contributed by atoms with E-state index in [0.29, 0.717) is 37.2 Å². The highest BCUT2D eigenvalue weighted by molar-refractivity contribution is 5.93. The lowest BCUT2D eigenvalue weighted by atomic mass is 9.84. The molecule has 2 aliphatic rings. The fourth-order valence-electron chi connectivity index (χ4n) is 4.64. The number of hydrogen-bond acceptors (Lipinski definition) is 5. The Bertz CT molecular complexity index is 1160. The number of amides is 1. The number of carbonyl (C=O) groups is 1. The molecule has 1 saturated heterocycles. The summed E-state index contributed by atoms with van der Waals surface area (Å²) >= 11 is 0. The van der Waals surface area contributed by atoms with Crippen molar-refractivity contribution in [3.05, 3.63) is 82.2 Å². The molecule has 1 amide bonds. The second kappa shape index (κ2) is 9.63.